The highest BCUT2D eigenvalue weighted by Gasteiger charge is 2.18. The zero-order valence-corrected chi connectivity index (χ0v) is 12.2. The molecule has 0 aliphatic heterocycles. The number of carbonyl (C=O) groups excluding carboxylic acids is 1. The summed E-state index contributed by atoms with van der Waals surface area (Å²) in [5, 5.41) is 16.3. The summed E-state index contributed by atoms with van der Waals surface area (Å²) in [6.45, 7) is 7.53. The van der Waals surface area contributed by atoms with Crippen LogP contribution in [0.4, 0.5) is 0 Å². The number of hydrogen-bond donors (Lipinski definition) is 2. The lowest BCUT2D eigenvalue weighted by atomic mass is 10.0. The number of fused-ring (bicyclic) bond motifs is 1. The predicted molar refractivity (Wildman–Crippen MR) is 75.6 cm³/mol. The van der Waals surface area contributed by atoms with Gasteiger partial charge in [0.15, 0.2) is 5.65 Å². The number of aliphatic hydroxyl groups excluding tert-OH is 1. The minimum atomic E-state index is -0.196. The fourth-order valence-electron chi connectivity index (χ4n) is 1.97. The van der Waals surface area contributed by atoms with Gasteiger partial charge in [-0.15, -0.1) is 0 Å². The first-order chi connectivity index (χ1) is 9.43. The number of carbonyl (C=O) groups is 1. The molecule has 0 bridgehead atoms. The van der Waals surface area contributed by atoms with Crippen LogP contribution in [0.3, 0.4) is 0 Å². The molecule has 0 saturated carbocycles. The Balaban J connectivity index is 2.28. The third-order valence-electron chi connectivity index (χ3n) is 3.59. The molecule has 2 N–H and O–H groups in total. The largest absolute Gasteiger partial charge is 0.396 e. The van der Waals surface area contributed by atoms with E-state index in [0.29, 0.717) is 5.56 Å². The quantitative estimate of drug-likeness (QED) is 0.876. The van der Waals surface area contributed by atoms with E-state index < -0.39 is 0 Å². The van der Waals surface area contributed by atoms with Crippen molar-refractivity contribution in [2.45, 2.75) is 33.7 Å². The zero-order chi connectivity index (χ0) is 14.9. The molecule has 0 saturated heterocycles. The molecule has 0 aliphatic carbocycles. The van der Waals surface area contributed by atoms with Crippen LogP contribution in [0.15, 0.2) is 12.3 Å². The molecule has 0 fully saturated rings. The Morgan fingerprint density at radius 2 is 2.15 bits per heavy atom. The number of nitrogens with one attached hydrogen (secondary N) is 1. The van der Waals surface area contributed by atoms with Crippen LogP contribution >= 0.6 is 0 Å². The highest BCUT2D eigenvalue weighted by atomic mass is 16.3. The van der Waals surface area contributed by atoms with Crippen LogP contribution in [0.1, 0.15) is 35.6 Å². The minimum Gasteiger partial charge on any atom is -0.396 e. The highest BCUT2D eigenvalue weighted by Crippen LogP contribution is 2.12. The summed E-state index contributed by atoms with van der Waals surface area (Å²) >= 11 is 0. The summed E-state index contributed by atoms with van der Waals surface area (Å²) in [6.07, 6.45) is 1.57. The number of aliphatic hydroxyl groups is 1. The van der Waals surface area contributed by atoms with Crippen molar-refractivity contribution in [3.8, 4) is 0 Å². The van der Waals surface area contributed by atoms with Crippen molar-refractivity contribution in [2.75, 3.05) is 6.61 Å². The van der Waals surface area contributed by atoms with Gasteiger partial charge in [0.1, 0.15) is 0 Å². The summed E-state index contributed by atoms with van der Waals surface area (Å²) in [5.74, 6) is -0.194. The van der Waals surface area contributed by atoms with Crippen LogP contribution in [0, 0.1) is 19.8 Å². The van der Waals surface area contributed by atoms with Gasteiger partial charge in [-0.3, -0.25) is 4.79 Å². The van der Waals surface area contributed by atoms with Gasteiger partial charge in [-0.05, 0) is 26.7 Å². The number of amides is 1. The third-order valence-corrected chi connectivity index (χ3v) is 3.59. The zero-order valence-electron chi connectivity index (χ0n) is 12.2. The standard InChI is InChI=1S/C14H20N4O2/c1-8(7-19)10(3)16-14(20)12-6-15-13-5-9(2)17-18(13)11(12)4/h5-6,8,10,19H,7H2,1-4H3,(H,16,20). The molecule has 2 unspecified atom stereocenters. The summed E-state index contributed by atoms with van der Waals surface area (Å²) in [6, 6.07) is 1.76. The van der Waals surface area contributed by atoms with E-state index in [9.17, 15) is 4.79 Å². The molecule has 0 radical (unpaired) electrons. The number of rotatable bonds is 4. The second-order valence-electron chi connectivity index (χ2n) is 5.24. The Hall–Kier alpha value is -1.95. The van der Waals surface area contributed by atoms with E-state index in [1.807, 2.05) is 33.8 Å². The highest BCUT2D eigenvalue weighted by molar-refractivity contribution is 5.95. The Morgan fingerprint density at radius 3 is 2.80 bits per heavy atom. The molecule has 0 spiro atoms. The molecule has 6 nitrogen and oxygen atoms in total. The Kier molecular flexibility index (Phi) is 4.04. The maximum absolute atomic E-state index is 12.3. The van der Waals surface area contributed by atoms with Crippen LogP contribution in [0.2, 0.25) is 0 Å². The maximum atomic E-state index is 12.3. The molecular formula is C14H20N4O2. The molecule has 108 valence electrons. The normalized spacial score (nSPS) is 14.2. The molecule has 2 atom stereocenters. The number of aryl methyl sites for hydroxylation is 2. The third kappa shape index (κ3) is 2.65. The summed E-state index contributed by atoms with van der Waals surface area (Å²) < 4.78 is 1.67. The van der Waals surface area contributed by atoms with Crippen molar-refractivity contribution in [3.63, 3.8) is 0 Å². The van der Waals surface area contributed by atoms with E-state index in [1.54, 1.807) is 10.7 Å². The van der Waals surface area contributed by atoms with Crippen molar-refractivity contribution >= 4 is 11.6 Å². The maximum Gasteiger partial charge on any atom is 0.254 e. The van der Waals surface area contributed by atoms with Gasteiger partial charge in [-0.1, -0.05) is 6.92 Å². The Morgan fingerprint density at radius 1 is 1.45 bits per heavy atom. The van der Waals surface area contributed by atoms with Gasteiger partial charge in [0, 0.05) is 24.9 Å². The van der Waals surface area contributed by atoms with Crippen LogP contribution in [-0.4, -0.2) is 38.3 Å². The molecule has 0 aliphatic rings. The second kappa shape index (κ2) is 5.58. The van der Waals surface area contributed by atoms with Crippen molar-refractivity contribution in [1.29, 1.82) is 0 Å². The van der Waals surface area contributed by atoms with E-state index in [1.165, 1.54) is 0 Å². The number of aromatic nitrogens is 3. The first kappa shape index (κ1) is 14.5. The second-order valence-corrected chi connectivity index (χ2v) is 5.24. The molecular weight excluding hydrogens is 256 g/mol. The van der Waals surface area contributed by atoms with E-state index in [2.05, 4.69) is 15.4 Å². The topological polar surface area (TPSA) is 79.5 Å². The SMILES string of the molecule is Cc1cc2ncc(C(=O)NC(C)C(C)CO)c(C)n2n1. The smallest absolute Gasteiger partial charge is 0.254 e. The summed E-state index contributed by atoms with van der Waals surface area (Å²) in [4.78, 5) is 16.5. The average molecular weight is 276 g/mol. The van der Waals surface area contributed by atoms with Crippen molar-refractivity contribution in [2.24, 2.45) is 5.92 Å². The summed E-state index contributed by atoms with van der Waals surface area (Å²) in [7, 11) is 0. The van der Waals surface area contributed by atoms with Gasteiger partial charge >= 0.3 is 0 Å². The van der Waals surface area contributed by atoms with Crippen molar-refractivity contribution in [3.05, 3.63) is 29.2 Å². The summed E-state index contributed by atoms with van der Waals surface area (Å²) in [5.41, 5.74) is 2.84. The average Bonchev–Trinajstić information content (AvgIpc) is 2.79. The lowest BCUT2D eigenvalue weighted by Gasteiger charge is -2.19. The van der Waals surface area contributed by atoms with E-state index in [4.69, 9.17) is 5.11 Å². The monoisotopic (exact) mass is 276 g/mol. The lowest BCUT2D eigenvalue weighted by Crippen LogP contribution is -2.38. The van der Waals surface area contributed by atoms with Gasteiger partial charge in [0.25, 0.3) is 5.91 Å². The van der Waals surface area contributed by atoms with E-state index >= 15 is 0 Å². The first-order valence-corrected chi connectivity index (χ1v) is 6.67. The Labute approximate surface area is 117 Å². The van der Waals surface area contributed by atoms with Crippen LogP contribution in [-0.2, 0) is 0 Å². The molecule has 20 heavy (non-hydrogen) atoms. The Bertz CT molecular complexity index is 635. The lowest BCUT2D eigenvalue weighted by molar-refractivity contribution is 0.0914. The van der Waals surface area contributed by atoms with E-state index in [0.717, 1.165) is 17.0 Å². The molecule has 2 aromatic rings. The van der Waals surface area contributed by atoms with Gasteiger partial charge < -0.3 is 10.4 Å². The van der Waals surface area contributed by atoms with Crippen LogP contribution in [0.5, 0.6) is 0 Å². The fraction of sp³-hybridized carbons (Fsp3) is 0.500. The van der Waals surface area contributed by atoms with Crippen molar-refractivity contribution < 1.29 is 9.90 Å². The van der Waals surface area contributed by atoms with Gasteiger partial charge in [-0.2, -0.15) is 5.10 Å². The number of hydrogen-bond acceptors (Lipinski definition) is 4. The molecule has 2 heterocycles. The number of nitrogens with zero attached hydrogens (tertiary/aromatic N) is 3. The fourth-order valence-corrected chi connectivity index (χ4v) is 1.97. The van der Waals surface area contributed by atoms with Gasteiger partial charge in [0.05, 0.1) is 17.0 Å². The molecule has 0 aromatic carbocycles. The van der Waals surface area contributed by atoms with Crippen molar-refractivity contribution in [1.82, 2.24) is 19.9 Å². The minimum absolute atomic E-state index is 0.00268. The molecule has 1 amide bonds. The molecule has 2 aromatic heterocycles. The van der Waals surface area contributed by atoms with Crippen LogP contribution < -0.4 is 5.32 Å². The predicted octanol–water partition coefficient (Wildman–Crippen LogP) is 1.09. The van der Waals surface area contributed by atoms with Crippen LogP contribution in [0.25, 0.3) is 5.65 Å². The van der Waals surface area contributed by atoms with Gasteiger partial charge in [-0.25, -0.2) is 9.50 Å². The van der Waals surface area contributed by atoms with E-state index in [-0.39, 0.29) is 24.5 Å². The molecule has 6 heteroatoms. The van der Waals surface area contributed by atoms with Gasteiger partial charge in [0.2, 0.25) is 0 Å². The first-order valence-electron chi connectivity index (χ1n) is 6.67. The molecule has 2 rings (SSSR count).